The topological polar surface area (TPSA) is 95.7 Å². The molecule has 2 N–H and O–H groups in total. The van der Waals surface area contributed by atoms with Gasteiger partial charge in [0.1, 0.15) is 5.75 Å². The lowest BCUT2D eigenvalue weighted by Crippen LogP contribution is -2.14. The smallest absolute Gasteiger partial charge is 0.344 e. The summed E-state index contributed by atoms with van der Waals surface area (Å²) in [5.74, 6) is -0.0489. The van der Waals surface area contributed by atoms with Crippen molar-refractivity contribution in [2.24, 2.45) is 5.14 Å². The van der Waals surface area contributed by atoms with Gasteiger partial charge in [0.15, 0.2) is 6.61 Å². The molecule has 7 heteroatoms. The summed E-state index contributed by atoms with van der Waals surface area (Å²) in [6.45, 7) is 1.76. The van der Waals surface area contributed by atoms with Crippen LogP contribution in [0.5, 0.6) is 5.75 Å². The molecule has 0 radical (unpaired) electrons. The largest absolute Gasteiger partial charge is 0.482 e. The van der Waals surface area contributed by atoms with Crippen LogP contribution in [0.4, 0.5) is 0 Å². The second kappa shape index (κ2) is 7.77. The summed E-state index contributed by atoms with van der Waals surface area (Å²) < 4.78 is 34.6. The van der Waals surface area contributed by atoms with Crippen molar-refractivity contribution in [2.75, 3.05) is 13.2 Å². The van der Waals surface area contributed by atoms with Crippen molar-refractivity contribution >= 4 is 26.8 Å². The molecule has 0 aliphatic carbocycles. The summed E-state index contributed by atoms with van der Waals surface area (Å²) in [5, 5.41) is 7.08. The number of carbonyl (C=O) groups excluding carboxylic acids is 1. The maximum atomic E-state index is 12.1. The Morgan fingerprint density at radius 3 is 2.56 bits per heavy atom. The van der Waals surface area contributed by atoms with Crippen LogP contribution in [-0.4, -0.2) is 27.6 Å². The molecule has 0 fully saturated rings. The van der Waals surface area contributed by atoms with Gasteiger partial charge in [0.25, 0.3) is 0 Å². The van der Waals surface area contributed by atoms with Crippen LogP contribution in [0.25, 0.3) is 21.9 Å². The molecule has 0 aromatic heterocycles. The molecule has 27 heavy (non-hydrogen) atoms. The fourth-order valence-electron chi connectivity index (χ4n) is 2.87. The molecule has 0 amide bonds. The SMILES string of the molecule is CCOC(=O)COc1cccc(-c2c(S(N)(=O)=O)ccc3ccccc23)c1. The van der Waals surface area contributed by atoms with Crippen molar-refractivity contribution in [3.05, 3.63) is 60.7 Å². The molecule has 0 saturated heterocycles. The summed E-state index contributed by atoms with van der Waals surface area (Å²) in [6, 6.07) is 17.5. The van der Waals surface area contributed by atoms with Crippen molar-refractivity contribution in [1.29, 1.82) is 0 Å². The maximum absolute atomic E-state index is 12.1. The fourth-order valence-corrected chi connectivity index (χ4v) is 3.64. The third-order valence-corrected chi connectivity index (χ3v) is 4.94. The van der Waals surface area contributed by atoms with Gasteiger partial charge in [-0.3, -0.25) is 0 Å². The predicted molar refractivity (Wildman–Crippen MR) is 103 cm³/mol. The quantitative estimate of drug-likeness (QED) is 0.658. The Morgan fingerprint density at radius 1 is 1.04 bits per heavy atom. The Kier molecular flexibility index (Phi) is 5.43. The lowest BCUT2D eigenvalue weighted by Gasteiger charge is -2.13. The fraction of sp³-hybridized carbons (Fsp3) is 0.150. The lowest BCUT2D eigenvalue weighted by atomic mass is 9.98. The molecule has 3 aromatic carbocycles. The van der Waals surface area contributed by atoms with Gasteiger partial charge >= 0.3 is 5.97 Å². The van der Waals surface area contributed by atoms with E-state index in [4.69, 9.17) is 14.6 Å². The zero-order chi connectivity index (χ0) is 19.4. The Hall–Kier alpha value is -2.90. The number of esters is 1. The van der Waals surface area contributed by atoms with Gasteiger partial charge < -0.3 is 9.47 Å². The number of nitrogens with two attached hydrogens (primary N) is 1. The molecule has 3 aromatic rings. The van der Waals surface area contributed by atoms with Crippen molar-refractivity contribution in [3.8, 4) is 16.9 Å². The summed E-state index contributed by atoms with van der Waals surface area (Å²) >= 11 is 0. The van der Waals surface area contributed by atoms with E-state index >= 15 is 0 Å². The Labute approximate surface area is 157 Å². The number of carbonyl (C=O) groups is 1. The van der Waals surface area contributed by atoms with Gasteiger partial charge in [-0.15, -0.1) is 0 Å². The van der Waals surface area contributed by atoms with E-state index in [9.17, 15) is 13.2 Å². The minimum Gasteiger partial charge on any atom is -0.482 e. The summed E-state index contributed by atoms with van der Waals surface area (Å²) in [4.78, 5) is 11.5. The number of ether oxygens (including phenoxy) is 2. The summed E-state index contributed by atoms with van der Waals surface area (Å²) in [6.07, 6.45) is 0. The first-order chi connectivity index (χ1) is 12.9. The van der Waals surface area contributed by atoms with Gasteiger partial charge in [0.2, 0.25) is 10.0 Å². The highest BCUT2D eigenvalue weighted by molar-refractivity contribution is 7.89. The zero-order valence-corrected chi connectivity index (χ0v) is 15.5. The van der Waals surface area contributed by atoms with Gasteiger partial charge in [-0.05, 0) is 41.5 Å². The third kappa shape index (κ3) is 4.27. The first kappa shape index (κ1) is 18.9. The highest BCUT2D eigenvalue weighted by Crippen LogP contribution is 2.35. The van der Waals surface area contributed by atoms with Gasteiger partial charge in [-0.1, -0.05) is 42.5 Å². The van der Waals surface area contributed by atoms with Crippen LogP contribution in [0.2, 0.25) is 0 Å². The van der Waals surface area contributed by atoms with Crippen LogP contribution in [0.3, 0.4) is 0 Å². The maximum Gasteiger partial charge on any atom is 0.344 e. The van der Waals surface area contributed by atoms with Crippen molar-refractivity contribution < 1.29 is 22.7 Å². The highest BCUT2D eigenvalue weighted by Gasteiger charge is 2.18. The Balaban J connectivity index is 2.09. The number of rotatable bonds is 6. The molecule has 0 aliphatic heterocycles. The second-order valence-electron chi connectivity index (χ2n) is 5.83. The lowest BCUT2D eigenvalue weighted by molar-refractivity contribution is -0.145. The van der Waals surface area contributed by atoms with Gasteiger partial charge in [-0.25, -0.2) is 18.4 Å². The van der Waals surface area contributed by atoms with E-state index in [0.29, 0.717) is 16.9 Å². The normalized spacial score (nSPS) is 11.3. The molecule has 0 spiro atoms. The molecule has 0 saturated carbocycles. The first-order valence-electron chi connectivity index (χ1n) is 8.33. The molecule has 3 rings (SSSR count). The second-order valence-corrected chi connectivity index (χ2v) is 7.36. The van der Waals surface area contributed by atoms with Crippen LogP contribution in [0.15, 0.2) is 65.6 Å². The summed E-state index contributed by atoms with van der Waals surface area (Å²) in [7, 11) is -3.93. The molecule has 0 atom stereocenters. The van der Waals surface area contributed by atoms with E-state index in [1.165, 1.54) is 6.07 Å². The number of benzene rings is 3. The van der Waals surface area contributed by atoms with Crippen molar-refractivity contribution in [2.45, 2.75) is 11.8 Å². The molecule has 140 valence electrons. The van der Waals surface area contributed by atoms with E-state index in [0.717, 1.165) is 10.8 Å². The van der Waals surface area contributed by atoms with Crippen molar-refractivity contribution in [3.63, 3.8) is 0 Å². The minimum absolute atomic E-state index is 0.0312. The Bertz CT molecular complexity index is 1090. The van der Waals surface area contributed by atoms with E-state index in [-0.39, 0.29) is 18.1 Å². The number of sulfonamides is 1. The number of primary sulfonamides is 1. The van der Waals surface area contributed by atoms with E-state index in [1.807, 2.05) is 24.3 Å². The Morgan fingerprint density at radius 2 is 1.81 bits per heavy atom. The van der Waals surface area contributed by atoms with Crippen LogP contribution >= 0.6 is 0 Å². The molecule has 0 aliphatic rings. The molecule has 0 bridgehead atoms. The number of hydrogen-bond donors (Lipinski definition) is 1. The van der Waals surface area contributed by atoms with Crippen LogP contribution in [0.1, 0.15) is 6.92 Å². The van der Waals surface area contributed by atoms with Crippen LogP contribution < -0.4 is 9.88 Å². The molecule has 6 nitrogen and oxygen atoms in total. The van der Waals surface area contributed by atoms with Crippen LogP contribution in [0, 0.1) is 0 Å². The van der Waals surface area contributed by atoms with E-state index in [1.54, 1.807) is 37.3 Å². The highest BCUT2D eigenvalue weighted by atomic mass is 32.2. The minimum atomic E-state index is -3.93. The van der Waals surface area contributed by atoms with Gasteiger partial charge in [-0.2, -0.15) is 0 Å². The molecular weight excluding hydrogens is 366 g/mol. The van der Waals surface area contributed by atoms with Crippen LogP contribution in [-0.2, 0) is 19.6 Å². The number of fused-ring (bicyclic) bond motifs is 1. The molecular formula is C20H19NO5S. The van der Waals surface area contributed by atoms with E-state index in [2.05, 4.69) is 0 Å². The standard InChI is InChI=1S/C20H19NO5S/c1-2-25-19(22)13-26-16-8-5-7-15(12-16)20-17-9-4-3-6-14(17)10-11-18(20)27(21,23)24/h3-12H,2,13H2,1H3,(H2,21,23,24). The number of hydrogen-bond acceptors (Lipinski definition) is 5. The van der Waals surface area contributed by atoms with Crippen molar-refractivity contribution in [1.82, 2.24) is 0 Å². The predicted octanol–water partition coefficient (Wildman–Crippen LogP) is 3.10. The summed E-state index contributed by atoms with van der Waals surface area (Å²) in [5.41, 5.74) is 1.12. The van der Waals surface area contributed by atoms with Gasteiger partial charge in [0, 0.05) is 5.56 Å². The molecule has 0 unspecified atom stereocenters. The average molecular weight is 385 g/mol. The zero-order valence-electron chi connectivity index (χ0n) is 14.7. The average Bonchev–Trinajstić information content (AvgIpc) is 2.65. The van der Waals surface area contributed by atoms with Gasteiger partial charge in [0.05, 0.1) is 11.5 Å². The first-order valence-corrected chi connectivity index (χ1v) is 9.88. The third-order valence-electron chi connectivity index (χ3n) is 3.98. The monoisotopic (exact) mass is 385 g/mol. The van der Waals surface area contributed by atoms with E-state index < -0.39 is 16.0 Å². The molecule has 0 heterocycles.